The molecule has 1 aromatic carbocycles. The van der Waals surface area contributed by atoms with E-state index in [9.17, 15) is 9.59 Å². The smallest absolute Gasteiger partial charge is 0.251 e. The van der Waals surface area contributed by atoms with Crippen LogP contribution in [0.2, 0.25) is 0 Å². The standard InChI is InChI=1S/C19H26N2O3/c1-2-24-16-10-8-15(9-11-16)21-18(22)12-17(19(21)23)20-13-14-6-4-3-5-7-14/h8-11,14,17,20H,2-7,12-13H2,1H3/t17-/m0/s1. The van der Waals surface area contributed by atoms with Gasteiger partial charge in [-0.05, 0) is 56.5 Å². The largest absolute Gasteiger partial charge is 0.494 e. The van der Waals surface area contributed by atoms with Gasteiger partial charge in [0, 0.05) is 0 Å². The van der Waals surface area contributed by atoms with Crippen molar-refractivity contribution in [2.24, 2.45) is 5.92 Å². The molecular formula is C19H26N2O3. The summed E-state index contributed by atoms with van der Waals surface area (Å²) in [4.78, 5) is 26.2. The number of anilines is 1. The van der Waals surface area contributed by atoms with Crippen LogP contribution < -0.4 is 15.0 Å². The van der Waals surface area contributed by atoms with Crippen molar-refractivity contribution >= 4 is 17.5 Å². The third kappa shape index (κ3) is 3.78. The van der Waals surface area contributed by atoms with Crippen LogP contribution in [0.3, 0.4) is 0 Å². The summed E-state index contributed by atoms with van der Waals surface area (Å²) in [6.07, 6.45) is 6.58. The quantitative estimate of drug-likeness (QED) is 0.815. The van der Waals surface area contributed by atoms with Crippen molar-refractivity contribution in [2.75, 3.05) is 18.1 Å². The van der Waals surface area contributed by atoms with Gasteiger partial charge in [-0.3, -0.25) is 9.59 Å². The van der Waals surface area contributed by atoms with Gasteiger partial charge in [0.15, 0.2) is 0 Å². The van der Waals surface area contributed by atoms with Crippen LogP contribution in [0.1, 0.15) is 45.4 Å². The molecule has 1 aromatic rings. The van der Waals surface area contributed by atoms with Gasteiger partial charge in [0.2, 0.25) is 5.91 Å². The third-order valence-corrected chi connectivity index (χ3v) is 4.93. The van der Waals surface area contributed by atoms with E-state index in [0.29, 0.717) is 18.2 Å². The highest BCUT2D eigenvalue weighted by molar-refractivity contribution is 6.22. The van der Waals surface area contributed by atoms with E-state index in [1.165, 1.54) is 37.0 Å². The number of nitrogens with one attached hydrogen (secondary N) is 1. The van der Waals surface area contributed by atoms with Gasteiger partial charge in [0.05, 0.1) is 24.8 Å². The lowest BCUT2D eigenvalue weighted by Crippen LogP contribution is -2.41. The normalized spacial score (nSPS) is 22.2. The zero-order chi connectivity index (χ0) is 16.9. The van der Waals surface area contributed by atoms with Gasteiger partial charge in [0.25, 0.3) is 5.91 Å². The Morgan fingerprint density at radius 1 is 1.12 bits per heavy atom. The predicted molar refractivity (Wildman–Crippen MR) is 93.1 cm³/mol. The van der Waals surface area contributed by atoms with Gasteiger partial charge < -0.3 is 10.1 Å². The van der Waals surface area contributed by atoms with Crippen LogP contribution in [0.5, 0.6) is 5.75 Å². The monoisotopic (exact) mass is 330 g/mol. The minimum absolute atomic E-state index is 0.134. The maximum Gasteiger partial charge on any atom is 0.251 e. The maximum absolute atomic E-state index is 12.6. The Kier molecular flexibility index (Phi) is 5.51. The fourth-order valence-corrected chi connectivity index (χ4v) is 3.62. The molecule has 0 unspecified atom stereocenters. The summed E-state index contributed by atoms with van der Waals surface area (Å²) in [7, 11) is 0. The number of hydrogen-bond donors (Lipinski definition) is 1. The first-order chi connectivity index (χ1) is 11.7. The van der Waals surface area contributed by atoms with Crippen molar-refractivity contribution < 1.29 is 14.3 Å². The summed E-state index contributed by atoms with van der Waals surface area (Å²) in [6, 6.07) is 6.74. The van der Waals surface area contributed by atoms with Crippen molar-refractivity contribution in [2.45, 2.75) is 51.5 Å². The minimum Gasteiger partial charge on any atom is -0.494 e. The SMILES string of the molecule is CCOc1ccc(N2C(=O)C[C@H](NCC3CCCCC3)C2=O)cc1. The van der Waals surface area contributed by atoms with Crippen LogP contribution >= 0.6 is 0 Å². The number of imide groups is 1. The second-order valence-electron chi connectivity index (χ2n) is 6.66. The van der Waals surface area contributed by atoms with Crippen LogP contribution in [0.15, 0.2) is 24.3 Å². The highest BCUT2D eigenvalue weighted by Crippen LogP contribution is 2.26. The summed E-state index contributed by atoms with van der Waals surface area (Å²) < 4.78 is 5.40. The van der Waals surface area contributed by atoms with Gasteiger partial charge in [-0.15, -0.1) is 0 Å². The van der Waals surface area contributed by atoms with Gasteiger partial charge in [-0.2, -0.15) is 0 Å². The summed E-state index contributed by atoms with van der Waals surface area (Å²) in [5.74, 6) is 1.11. The zero-order valence-corrected chi connectivity index (χ0v) is 14.3. The lowest BCUT2D eigenvalue weighted by Gasteiger charge is -2.23. The molecule has 1 saturated carbocycles. The Morgan fingerprint density at radius 3 is 2.50 bits per heavy atom. The third-order valence-electron chi connectivity index (χ3n) is 4.93. The molecule has 24 heavy (non-hydrogen) atoms. The Balaban J connectivity index is 1.60. The number of benzene rings is 1. The highest BCUT2D eigenvalue weighted by atomic mass is 16.5. The molecule has 2 fully saturated rings. The Bertz CT molecular complexity index is 579. The molecule has 0 aromatic heterocycles. The summed E-state index contributed by atoms with van der Waals surface area (Å²) in [5, 5.41) is 3.33. The van der Waals surface area contributed by atoms with Crippen LogP contribution in [0, 0.1) is 5.92 Å². The molecule has 3 rings (SSSR count). The van der Waals surface area contributed by atoms with Crippen molar-refractivity contribution in [1.29, 1.82) is 0 Å². The second kappa shape index (κ2) is 7.79. The summed E-state index contributed by atoms with van der Waals surface area (Å²) >= 11 is 0. The van der Waals surface area contributed by atoms with Crippen LogP contribution in [-0.2, 0) is 9.59 Å². The molecule has 1 heterocycles. The first kappa shape index (κ1) is 17.0. The second-order valence-corrected chi connectivity index (χ2v) is 6.66. The van der Waals surface area contributed by atoms with Gasteiger partial charge in [-0.25, -0.2) is 4.90 Å². The number of ether oxygens (including phenoxy) is 1. The molecule has 2 aliphatic rings. The zero-order valence-electron chi connectivity index (χ0n) is 14.3. The highest BCUT2D eigenvalue weighted by Gasteiger charge is 2.39. The molecule has 1 saturated heterocycles. The van der Waals surface area contributed by atoms with Crippen molar-refractivity contribution in [3.05, 3.63) is 24.3 Å². The Morgan fingerprint density at radius 2 is 1.83 bits per heavy atom. The van der Waals surface area contributed by atoms with Crippen molar-refractivity contribution in [3.8, 4) is 5.75 Å². The Labute approximate surface area is 143 Å². The molecule has 2 amide bonds. The first-order valence-electron chi connectivity index (χ1n) is 9.02. The molecule has 1 aliphatic heterocycles. The fourth-order valence-electron chi connectivity index (χ4n) is 3.62. The number of hydrogen-bond acceptors (Lipinski definition) is 4. The topological polar surface area (TPSA) is 58.6 Å². The molecule has 1 atom stereocenters. The summed E-state index contributed by atoms with van der Waals surface area (Å²) in [5.41, 5.74) is 0.621. The molecule has 5 nitrogen and oxygen atoms in total. The Hall–Kier alpha value is -1.88. The molecule has 5 heteroatoms. The molecule has 1 N–H and O–H groups in total. The van der Waals surface area contributed by atoms with E-state index in [1.54, 1.807) is 24.3 Å². The predicted octanol–water partition coefficient (Wildman–Crippen LogP) is 2.89. The fraction of sp³-hybridized carbons (Fsp3) is 0.579. The summed E-state index contributed by atoms with van der Waals surface area (Å²) in [6.45, 7) is 3.35. The number of rotatable bonds is 6. The first-order valence-corrected chi connectivity index (χ1v) is 9.02. The molecule has 130 valence electrons. The van der Waals surface area contributed by atoms with E-state index in [1.807, 2.05) is 6.92 Å². The van der Waals surface area contributed by atoms with Crippen LogP contribution in [-0.4, -0.2) is 31.0 Å². The van der Waals surface area contributed by atoms with Crippen LogP contribution in [0.4, 0.5) is 5.69 Å². The molecule has 0 spiro atoms. The number of carbonyl (C=O) groups excluding carboxylic acids is 2. The molecular weight excluding hydrogens is 304 g/mol. The molecule has 0 bridgehead atoms. The van der Waals surface area contributed by atoms with E-state index < -0.39 is 0 Å². The van der Waals surface area contributed by atoms with E-state index in [0.717, 1.165) is 12.3 Å². The van der Waals surface area contributed by atoms with Crippen molar-refractivity contribution in [3.63, 3.8) is 0 Å². The maximum atomic E-state index is 12.6. The number of nitrogens with zero attached hydrogens (tertiary/aromatic N) is 1. The lowest BCUT2D eigenvalue weighted by molar-refractivity contribution is -0.121. The number of amides is 2. The molecule has 0 radical (unpaired) electrons. The van der Waals surface area contributed by atoms with E-state index in [4.69, 9.17) is 4.74 Å². The van der Waals surface area contributed by atoms with E-state index in [2.05, 4.69) is 5.32 Å². The average molecular weight is 330 g/mol. The van der Waals surface area contributed by atoms with Gasteiger partial charge in [0.1, 0.15) is 5.75 Å². The van der Waals surface area contributed by atoms with Gasteiger partial charge >= 0.3 is 0 Å². The molecule has 1 aliphatic carbocycles. The average Bonchev–Trinajstić information content (AvgIpc) is 2.89. The number of carbonyl (C=O) groups is 2. The van der Waals surface area contributed by atoms with E-state index >= 15 is 0 Å². The van der Waals surface area contributed by atoms with Crippen LogP contribution in [0.25, 0.3) is 0 Å². The minimum atomic E-state index is -0.383. The van der Waals surface area contributed by atoms with Crippen molar-refractivity contribution in [1.82, 2.24) is 5.32 Å². The lowest BCUT2D eigenvalue weighted by atomic mass is 9.89. The van der Waals surface area contributed by atoms with Gasteiger partial charge in [-0.1, -0.05) is 19.3 Å². The van der Waals surface area contributed by atoms with E-state index in [-0.39, 0.29) is 24.3 Å².